The second-order valence-corrected chi connectivity index (χ2v) is 8.35. The molecule has 2 heterocycles. The van der Waals surface area contributed by atoms with Crippen molar-refractivity contribution >= 4 is 29.5 Å². The van der Waals surface area contributed by atoms with Gasteiger partial charge < -0.3 is 20.1 Å². The van der Waals surface area contributed by atoms with E-state index in [1.54, 1.807) is 44.2 Å². The molecule has 11 heteroatoms. The predicted octanol–water partition coefficient (Wildman–Crippen LogP) is -2.66. The van der Waals surface area contributed by atoms with E-state index in [-0.39, 0.29) is 29.6 Å². The third-order valence-electron chi connectivity index (χ3n) is 4.49. The van der Waals surface area contributed by atoms with Gasteiger partial charge in [-0.2, -0.15) is 0 Å². The summed E-state index contributed by atoms with van der Waals surface area (Å²) in [5.74, 6) is -2.41. The molecule has 136 valence electrons. The van der Waals surface area contributed by atoms with Gasteiger partial charge >= 0.3 is 29.6 Å². The maximum atomic E-state index is 12.6. The van der Waals surface area contributed by atoms with E-state index < -0.39 is 46.0 Å². The Morgan fingerprint density at radius 3 is 2.56 bits per heavy atom. The summed E-state index contributed by atoms with van der Waals surface area (Å²) in [5.41, 5.74) is 9.24. The Morgan fingerprint density at radius 2 is 2.00 bits per heavy atom. The maximum Gasteiger partial charge on any atom is 1.00 e. The third kappa shape index (κ3) is 3.81. The summed E-state index contributed by atoms with van der Waals surface area (Å²) < 4.78 is -0.734. The molecular formula is C16H16N5NaO4S. The first-order valence-corrected chi connectivity index (χ1v) is 8.76. The molecule has 2 saturated heterocycles. The van der Waals surface area contributed by atoms with Gasteiger partial charge in [0.25, 0.3) is 0 Å². The van der Waals surface area contributed by atoms with E-state index in [0.717, 1.165) is 0 Å². The van der Waals surface area contributed by atoms with Gasteiger partial charge in [0.2, 0.25) is 11.8 Å². The van der Waals surface area contributed by atoms with E-state index in [9.17, 15) is 19.5 Å². The van der Waals surface area contributed by atoms with Crippen LogP contribution in [0, 0.1) is 0 Å². The van der Waals surface area contributed by atoms with E-state index in [1.807, 2.05) is 0 Å². The number of rotatable bonds is 5. The number of nitrogens with one attached hydrogen (secondary N) is 1. The van der Waals surface area contributed by atoms with Crippen LogP contribution in [0.15, 0.2) is 35.4 Å². The molecule has 3 rings (SSSR count). The Bertz CT molecular complexity index is 814. The maximum absolute atomic E-state index is 12.6. The Labute approximate surface area is 181 Å². The molecule has 1 N–H and O–H groups in total. The van der Waals surface area contributed by atoms with Crippen molar-refractivity contribution in [3.05, 3.63) is 46.3 Å². The largest absolute Gasteiger partial charge is 1.00 e. The average Bonchev–Trinajstić information content (AvgIpc) is 2.86. The Kier molecular flexibility index (Phi) is 6.49. The van der Waals surface area contributed by atoms with Gasteiger partial charge in [-0.1, -0.05) is 35.4 Å². The number of aliphatic carboxylic acids is 1. The molecule has 4 atom stereocenters. The van der Waals surface area contributed by atoms with E-state index in [2.05, 4.69) is 15.3 Å². The molecule has 2 aliphatic heterocycles. The first-order valence-electron chi connectivity index (χ1n) is 7.88. The minimum Gasteiger partial charge on any atom is -0.548 e. The monoisotopic (exact) mass is 397 g/mol. The topological polar surface area (TPSA) is 138 Å². The number of carboxylic acids is 1. The van der Waals surface area contributed by atoms with Gasteiger partial charge in [-0.3, -0.25) is 9.59 Å². The molecule has 0 spiro atoms. The molecule has 1 aromatic rings. The number of hydrogen-bond acceptors (Lipinski definition) is 6. The van der Waals surface area contributed by atoms with Crippen molar-refractivity contribution in [2.75, 3.05) is 0 Å². The molecule has 27 heavy (non-hydrogen) atoms. The number of nitrogens with zero attached hydrogens (tertiary/aromatic N) is 4. The predicted molar refractivity (Wildman–Crippen MR) is 91.4 cm³/mol. The van der Waals surface area contributed by atoms with Gasteiger partial charge in [-0.15, -0.1) is 11.8 Å². The molecule has 0 aromatic heterocycles. The van der Waals surface area contributed by atoms with E-state index in [4.69, 9.17) is 5.53 Å². The fraction of sp³-hybridized carbons (Fsp3) is 0.438. The molecule has 9 nitrogen and oxygen atoms in total. The summed E-state index contributed by atoms with van der Waals surface area (Å²) in [6, 6.07) is 5.44. The molecule has 2 aliphatic rings. The number of β-lactam (4-membered cyclic amide) rings is 1. The van der Waals surface area contributed by atoms with Gasteiger partial charge in [0.05, 0.1) is 12.0 Å². The first kappa shape index (κ1) is 21.6. The van der Waals surface area contributed by atoms with E-state index in [1.165, 1.54) is 16.7 Å². The van der Waals surface area contributed by atoms with Crippen LogP contribution in [0.5, 0.6) is 0 Å². The first-order chi connectivity index (χ1) is 12.3. The molecule has 0 saturated carbocycles. The number of azide groups is 1. The van der Waals surface area contributed by atoms with E-state index in [0.29, 0.717) is 5.56 Å². The van der Waals surface area contributed by atoms with Crippen molar-refractivity contribution in [3.8, 4) is 0 Å². The van der Waals surface area contributed by atoms with Crippen LogP contribution in [0.25, 0.3) is 10.4 Å². The molecule has 1 aromatic carbocycles. The minimum absolute atomic E-state index is 0. The molecule has 2 amide bonds. The van der Waals surface area contributed by atoms with Crippen LogP contribution in [0.2, 0.25) is 0 Å². The van der Waals surface area contributed by atoms with Crippen LogP contribution in [-0.2, 0) is 14.4 Å². The Hall–Kier alpha value is -1.71. The van der Waals surface area contributed by atoms with Gasteiger partial charge in [-0.05, 0) is 24.9 Å². The quantitative estimate of drug-likeness (QED) is 0.190. The van der Waals surface area contributed by atoms with Crippen molar-refractivity contribution in [2.24, 2.45) is 5.11 Å². The van der Waals surface area contributed by atoms with Gasteiger partial charge in [0, 0.05) is 9.66 Å². The van der Waals surface area contributed by atoms with Crippen molar-refractivity contribution in [3.63, 3.8) is 0 Å². The van der Waals surface area contributed by atoms with E-state index >= 15 is 0 Å². The fourth-order valence-electron chi connectivity index (χ4n) is 3.32. The third-order valence-corrected chi connectivity index (χ3v) is 6.06. The summed E-state index contributed by atoms with van der Waals surface area (Å²) in [6.45, 7) is 3.44. The zero-order chi connectivity index (χ0) is 19.1. The molecule has 0 aliphatic carbocycles. The zero-order valence-electron chi connectivity index (χ0n) is 15.0. The van der Waals surface area contributed by atoms with Crippen LogP contribution in [0.1, 0.15) is 25.5 Å². The van der Waals surface area contributed by atoms with Crippen molar-refractivity contribution in [2.45, 2.75) is 42.1 Å². The van der Waals surface area contributed by atoms with Crippen LogP contribution >= 0.6 is 11.8 Å². The number of carboxylic acid groups (broad SMARTS) is 1. The van der Waals surface area contributed by atoms with Crippen molar-refractivity contribution < 1.29 is 49.0 Å². The number of thioether (sulfide) groups is 1. The summed E-state index contributed by atoms with van der Waals surface area (Å²) in [4.78, 5) is 40.3. The minimum atomic E-state index is -1.32. The number of fused-ring (bicyclic) bond motifs is 1. The molecule has 0 radical (unpaired) electrons. The average molecular weight is 397 g/mol. The SMILES string of the molecule is CC1(C)SC2C(NC(=O)C(N=[N+]=[N-])c3ccccc3)C(=O)N2C1C(=O)[O-].[Na+]. The summed E-state index contributed by atoms with van der Waals surface area (Å²) in [5, 5.41) is 17.0. The molecular weight excluding hydrogens is 381 g/mol. The number of benzene rings is 1. The van der Waals surface area contributed by atoms with Gasteiger partial charge in [0.1, 0.15) is 17.5 Å². The van der Waals surface area contributed by atoms with Crippen LogP contribution in [0.3, 0.4) is 0 Å². The summed E-state index contributed by atoms with van der Waals surface area (Å²) in [7, 11) is 0. The number of hydrogen-bond donors (Lipinski definition) is 1. The number of amides is 2. The zero-order valence-corrected chi connectivity index (χ0v) is 17.8. The van der Waals surface area contributed by atoms with Crippen LogP contribution in [-0.4, -0.2) is 44.9 Å². The van der Waals surface area contributed by atoms with Gasteiger partial charge in [-0.25, -0.2) is 0 Å². The normalized spacial score (nSPS) is 25.9. The number of carbonyl (C=O) groups is 3. The smallest absolute Gasteiger partial charge is 0.548 e. The summed E-state index contributed by atoms with van der Waals surface area (Å²) in [6.07, 6.45) is 0. The van der Waals surface area contributed by atoms with Crippen LogP contribution in [0.4, 0.5) is 0 Å². The molecule has 0 bridgehead atoms. The number of carbonyl (C=O) groups excluding carboxylic acids is 3. The van der Waals surface area contributed by atoms with Crippen molar-refractivity contribution in [1.29, 1.82) is 0 Å². The van der Waals surface area contributed by atoms with Crippen LogP contribution < -0.4 is 40.0 Å². The Morgan fingerprint density at radius 1 is 1.37 bits per heavy atom. The second kappa shape index (κ2) is 8.12. The standard InChI is InChI=1S/C16H17N5O4S.Na/c1-16(2)11(15(24)25)21-13(23)10(14(21)26-16)18-12(22)9(19-20-17)8-6-4-3-5-7-8;/h3-7,9-11,14H,1-2H3,(H,18,22)(H,24,25);/q;+1/p-1. The van der Waals surface area contributed by atoms with Gasteiger partial charge in [0.15, 0.2) is 0 Å². The second-order valence-electron chi connectivity index (χ2n) is 6.58. The van der Waals surface area contributed by atoms with Crippen molar-refractivity contribution in [1.82, 2.24) is 10.2 Å². The molecule has 2 fully saturated rings. The molecule has 4 unspecified atom stereocenters. The Balaban J connectivity index is 0.00000261. The summed E-state index contributed by atoms with van der Waals surface area (Å²) >= 11 is 1.29. The fourth-order valence-corrected chi connectivity index (χ4v) is 4.94.